The summed E-state index contributed by atoms with van der Waals surface area (Å²) in [6.45, 7) is 0. The van der Waals surface area contributed by atoms with Crippen LogP contribution in [0.2, 0.25) is 21.0 Å². The second kappa shape index (κ2) is 6.29. The molecular weight excluding hydrogens is 241 g/mol. The van der Waals surface area contributed by atoms with Gasteiger partial charge in [0.15, 0.2) is 0 Å². The van der Waals surface area contributed by atoms with E-state index in [9.17, 15) is 0 Å². The van der Waals surface area contributed by atoms with Crippen LogP contribution >= 0.6 is 0 Å². The fourth-order valence-electron chi connectivity index (χ4n) is 0.833. The van der Waals surface area contributed by atoms with Gasteiger partial charge >= 0.3 is 76.2 Å². The number of hydrogen-bond donors (Lipinski definition) is 0. The Kier molecular flexibility index (Phi) is 5.44. The van der Waals surface area contributed by atoms with Gasteiger partial charge in [-0.15, -0.1) is 0 Å². The second-order valence-electron chi connectivity index (χ2n) is 2.26. The summed E-state index contributed by atoms with van der Waals surface area (Å²) in [5.74, 6) is 0. The van der Waals surface area contributed by atoms with Gasteiger partial charge in [0.05, 0.1) is 0 Å². The van der Waals surface area contributed by atoms with Crippen molar-refractivity contribution in [3.05, 3.63) is 24.3 Å². The number of allylic oxidation sites excluding steroid dienone is 4. The predicted octanol–water partition coefficient (Wildman–Crippen LogP) is 2.19. The third-order valence-electron chi connectivity index (χ3n) is 1.38. The van der Waals surface area contributed by atoms with E-state index in [4.69, 9.17) is 0 Å². The van der Waals surface area contributed by atoms with Crippen molar-refractivity contribution in [2.24, 2.45) is 0 Å². The van der Waals surface area contributed by atoms with Gasteiger partial charge in [-0.1, -0.05) is 0 Å². The molecule has 0 aromatic rings. The first-order valence-corrected chi connectivity index (χ1v) is 9.65. The standard InChI is InChI=1S/C8H12Ge2/c1-2-6-10-8-4-3-7-9-5-1/h1-4H,5-8H2/b2-1-,4-3-. The van der Waals surface area contributed by atoms with Crippen LogP contribution in [0.25, 0.3) is 0 Å². The van der Waals surface area contributed by atoms with Crippen molar-refractivity contribution in [3.63, 3.8) is 0 Å². The van der Waals surface area contributed by atoms with Crippen LogP contribution in [-0.2, 0) is 0 Å². The molecule has 0 atom stereocenters. The first-order chi connectivity index (χ1) is 5.00. The normalized spacial score (nSPS) is 27.2. The summed E-state index contributed by atoms with van der Waals surface area (Å²) in [4.78, 5) is 0. The molecule has 0 N–H and O–H groups in total. The van der Waals surface area contributed by atoms with Gasteiger partial charge in [0, 0.05) is 0 Å². The topological polar surface area (TPSA) is 0 Å². The molecule has 0 aromatic heterocycles. The van der Waals surface area contributed by atoms with E-state index in [1.165, 1.54) is 21.0 Å². The summed E-state index contributed by atoms with van der Waals surface area (Å²) >= 11 is 0.726. The van der Waals surface area contributed by atoms with Crippen LogP contribution in [0, 0.1) is 0 Å². The first kappa shape index (κ1) is 8.66. The fraction of sp³-hybridized carbons (Fsp3) is 0.500. The Bertz CT molecular complexity index is 99.2. The van der Waals surface area contributed by atoms with Gasteiger partial charge < -0.3 is 0 Å². The molecule has 0 nitrogen and oxygen atoms in total. The van der Waals surface area contributed by atoms with E-state index in [0.717, 1.165) is 0 Å². The molecule has 0 bridgehead atoms. The third-order valence-corrected chi connectivity index (χ3v) is 5.78. The molecule has 52 valence electrons. The van der Waals surface area contributed by atoms with Crippen molar-refractivity contribution in [2.75, 3.05) is 0 Å². The van der Waals surface area contributed by atoms with E-state index in [-0.39, 0.29) is 0 Å². The summed E-state index contributed by atoms with van der Waals surface area (Å²) in [6, 6.07) is 0. The molecule has 4 radical (unpaired) electrons. The summed E-state index contributed by atoms with van der Waals surface area (Å²) in [5, 5.41) is 5.65. The number of rotatable bonds is 0. The minimum absolute atomic E-state index is 0.363. The van der Waals surface area contributed by atoms with Gasteiger partial charge in [-0.3, -0.25) is 0 Å². The summed E-state index contributed by atoms with van der Waals surface area (Å²) < 4.78 is 0. The first-order valence-electron chi connectivity index (χ1n) is 3.71. The van der Waals surface area contributed by atoms with Crippen molar-refractivity contribution in [2.45, 2.75) is 21.0 Å². The van der Waals surface area contributed by atoms with Crippen molar-refractivity contribution >= 4 is 30.9 Å². The van der Waals surface area contributed by atoms with Crippen LogP contribution < -0.4 is 0 Å². The molecular formula is C8H12Ge2. The third kappa shape index (κ3) is 4.39. The molecule has 1 aliphatic rings. The Morgan fingerprint density at radius 2 is 0.900 bits per heavy atom. The number of hydrogen-bond acceptors (Lipinski definition) is 0. The van der Waals surface area contributed by atoms with Crippen molar-refractivity contribution in [3.8, 4) is 0 Å². The van der Waals surface area contributed by atoms with Crippen LogP contribution in [0.3, 0.4) is 0 Å². The van der Waals surface area contributed by atoms with Crippen molar-refractivity contribution in [1.82, 2.24) is 0 Å². The zero-order valence-corrected chi connectivity index (χ0v) is 10.3. The van der Waals surface area contributed by atoms with Crippen LogP contribution in [0.1, 0.15) is 0 Å². The Hall–Kier alpha value is 0.566. The van der Waals surface area contributed by atoms with Gasteiger partial charge in [0.2, 0.25) is 0 Å². The molecule has 1 aliphatic heterocycles. The zero-order valence-electron chi connectivity index (χ0n) is 6.14. The molecule has 0 saturated heterocycles. The van der Waals surface area contributed by atoms with E-state index in [1.54, 1.807) is 0 Å². The minimum atomic E-state index is 0.363. The molecule has 2 heteroatoms. The van der Waals surface area contributed by atoms with E-state index in [1.807, 2.05) is 0 Å². The van der Waals surface area contributed by atoms with Gasteiger partial charge in [-0.25, -0.2) is 0 Å². The van der Waals surface area contributed by atoms with Gasteiger partial charge in [-0.05, 0) is 0 Å². The molecule has 0 unspecified atom stereocenters. The molecule has 1 rings (SSSR count). The van der Waals surface area contributed by atoms with Crippen LogP contribution in [0.15, 0.2) is 24.3 Å². The molecule has 0 aromatic carbocycles. The summed E-state index contributed by atoms with van der Waals surface area (Å²) in [5.41, 5.74) is 0. The Morgan fingerprint density at radius 3 is 1.20 bits per heavy atom. The Balaban J connectivity index is 2.22. The predicted molar refractivity (Wildman–Crippen MR) is 49.0 cm³/mol. The summed E-state index contributed by atoms with van der Waals surface area (Å²) in [6.07, 6.45) is 9.62. The second-order valence-corrected chi connectivity index (χ2v) is 7.78. The maximum absolute atomic E-state index is 2.41. The van der Waals surface area contributed by atoms with E-state index < -0.39 is 0 Å². The molecule has 0 amide bonds. The molecule has 0 fully saturated rings. The van der Waals surface area contributed by atoms with E-state index >= 15 is 0 Å². The molecule has 0 aliphatic carbocycles. The van der Waals surface area contributed by atoms with Crippen LogP contribution in [0.4, 0.5) is 0 Å². The van der Waals surface area contributed by atoms with Crippen LogP contribution in [-0.4, -0.2) is 30.9 Å². The van der Waals surface area contributed by atoms with Crippen molar-refractivity contribution in [1.29, 1.82) is 0 Å². The average Bonchev–Trinajstić information content (AvgIpc) is 2.01. The van der Waals surface area contributed by atoms with Gasteiger partial charge in [-0.2, -0.15) is 0 Å². The molecule has 1 heterocycles. The van der Waals surface area contributed by atoms with Gasteiger partial charge in [0.1, 0.15) is 0 Å². The monoisotopic (exact) mass is 256 g/mol. The van der Waals surface area contributed by atoms with E-state index in [2.05, 4.69) is 24.3 Å². The maximum atomic E-state index is 2.41. The molecule has 0 spiro atoms. The van der Waals surface area contributed by atoms with E-state index in [0.29, 0.717) is 30.9 Å². The SMILES string of the molecule is C1=C\[CH2][Ge][CH2]/C=C\[CH2][Ge][CH2]/1. The van der Waals surface area contributed by atoms with Crippen LogP contribution in [0.5, 0.6) is 0 Å². The van der Waals surface area contributed by atoms with Crippen molar-refractivity contribution < 1.29 is 0 Å². The molecule has 10 heavy (non-hydrogen) atoms. The zero-order chi connectivity index (χ0) is 7.07. The van der Waals surface area contributed by atoms with Gasteiger partial charge in [0.25, 0.3) is 0 Å². The Labute approximate surface area is 76.1 Å². The average molecular weight is 253 g/mol. The summed E-state index contributed by atoms with van der Waals surface area (Å²) in [7, 11) is 0. The molecule has 0 saturated carbocycles. The Morgan fingerprint density at radius 1 is 0.600 bits per heavy atom. The quantitative estimate of drug-likeness (QED) is 0.458. The fourth-order valence-corrected chi connectivity index (χ4v) is 4.33.